The number of fused-ring (bicyclic) bond motifs is 7. The van der Waals surface area contributed by atoms with E-state index in [0.717, 1.165) is 83.2 Å². The quantitative estimate of drug-likeness (QED) is 0.173. The standard InChI is InChI=1S/C52H33NO2/c1-2-16-40-35(12-1)13-10-20-41(40)36-28-26-34(27-29-36)37-14-9-15-39(32-37)53(48-23-11-21-46-44-19-5-8-25-50(44)55-52(46)48)47-22-6-3-17-42(47)38-30-31-45-43-18-4-7-24-49(43)54-51(45)33-38/h1-33H. The van der Waals surface area contributed by atoms with Crippen molar-refractivity contribution in [3.63, 3.8) is 0 Å². The summed E-state index contributed by atoms with van der Waals surface area (Å²) in [5.74, 6) is 0. The van der Waals surface area contributed by atoms with E-state index < -0.39 is 0 Å². The van der Waals surface area contributed by atoms with Crippen LogP contribution in [0.25, 0.3) is 88.0 Å². The molecule has 3 heteroatoms. The van der Waals surface area contributed by atoms with Crippen molar-refractivity contribution in [1.82, 2.24) is 0 Å². The van der Waals surface area contributed by atoms with Crippen molar-refractivity contribution in [2.45, 2.75) is 0 Å². The van der Waals surface area contributed by atoms with E-state index in [1.165, 1.54) is 21.9 Å². The Kier molecular flexibility index (Phi) is 7.17. The lowest BCUT2D eigenvalue weighted by atomic mass is 9.96. The van der Waals surface area contributed by atoms with Crippen molar-refractivity contribution in [1.29, 1.82) is 0 Å². The molecule has 11 aromatic rings. The molecule has 2 heterocycles. The molecule has 0 amide bonds. The first-order valence-corrected chi connectivity index (χ1v) is 18.7. The monoisotopic (exact) mass is 703 g/mol. The largest absolute Gasteiger partial charge is 0.456 e. The molecule has 55 heavy (non-hydrogen) atoms. The molecule has 0 aliphatic carbocycles. The maximum Gasteiger partial charge on any atom is 0.159 e. The van der Waals surface area contributed by atoms with Gasteiger partial charge in [-0.15, -0.1) is 0 Å². The Morgan fingerprint density at radius 2 is 0.891 bits per heavy atom. The maximum absolute atomic E-state index is 6.69. The van der Waals surface area contributed by atoms with Crippen molar-refractivity contribution >= 4 is 71.7 Å². The van der Waals surface area contributed by atoms with Gasteiger partial charge in [-0.25, -0.2) is 0 Å². The molecule has 0 N–H and O–H groups in total. The first-order valence-electron chi connectivity index (χ1n) is 18.7. The van der Waals surface area contributed by atoms with Gasteiger partial charge in [0.25, 0.3) is 0 Å². The number of benzene rings is 9. The fourth-order valence-corrected chi connectivity index (χ4v) is 8.27. The van der Waals surface area contributed by atoms with E-state index in [2.05, 4.69) is 181 Å². The first kappa shape index (κ1) is 31.2. The molecular weight excluding hydrogens is 671 g/mol. The molecule has 0 radical (unpaired) electrons. The van der Waals surface area contributed by atoms with E-state index in [4.69, 9.17) is 8.83 Å². The highest BCUT2D eigenvalue weighted by Crippen LogP contribution is 2.46. The minimum atomic E-state index is 0.844. The van der Waals surface area contributed by atoms with Gasteiger partial charge in [-0.3, -0.25) is 0 Å². The second-order valence-corrected chi connectivity index (χ2v) is 14.1. The SMILES string of the molecule is c1cc(-c2ccc(-c3cccc4ccccc34)cc2)cc(N(c2ccccc2-c2ccc3c(c2)oc2ccccc23)c2cccc3c2oc2ccccc23)c1. The van der Waals surface area contributed by atoms with Crippen LogP contribution in [0.4, 0.5) is 17.1 Å². The average molecular weight is 704 g/mol. The van der Waals surface area contributed by atoms with Gasteiger partial charge >= 0.3 is 0 Å². The Hall–Kier alpha value is -7.36. The minimum Gasteiger partial charge on any atom is -0.456 e. The molecule has 0 saturated carbocycles. The first-order chi connectivity index (χ1) is 27.3. The van der Waals surface area contributed by atoms with E-state index in [-0.39, 0.29) is 0 Å². The van der Waals surface area contributed by atoms with Gasteiger partial charge in [0.05, 0.1) is 11.4 Å². The van der Waals surface area contributed by atoms with Gasteiger partial charge in [0.2, 0.25) is 0 Å². The van der Waals surface area contributed by atoms with Crippen molar-refractivity contribution in [3.05, 3.63) is 200 Å². The summed E-state index contributed by atoms with van der Waals surface area (Å²) in [6.45, 7) is 0. The maximum atomic E-state index is 6.69. The molecule has 11 rings (SSSR count). The highest BCUT2D eigenvalue weighted by molar-refractivity contribution is 6.11. The molecule has 0 aliphatic heterocycles. The molecule has 9 aromatic carbocycles. The van der Waals surface area contributed by atoms with Crippen LogP contribution in [0.3, 0.4) is 0 Å². The average Bonchev–Trinajstić information content (AvgIpc) is 3.83. The lowest BCUT2D eigenvalue weighted by molar-refractivity contribution is 0.668. The second kappa shape index (κ2) is 12.6. The van der Waals surface area contributed by atoms with Crippen molar-refractivity contribution in [3.8, 4) is 33.4 Å². The highest BCUT2D eigenvalue weighted by atomic mass is 16.3. The summed E-state index contributed by atoms with van der Waals surface area (Å²) in [6.07, 6.45) is 0. The molecule has 0 spiro atoms. The van der Waals surface area contributed by atoms with Crippen LogP contribution >= 0.6 is 0 Å². The van der Waals surface area contributed by atoms with Crippen LogP contribution in [0.1, 0.15) is 0 Å². The van der Waals surface area contributed by atoms with Gasteiger partial charge in [0.1, 0.15) is 16.7 Å². The molecule has 0 aliphatic rings. The zero-order chi connectivity index (χ0) is 36.3. The number of rotatable bonds is 6. The number of para-hydroxylation sites is 4. The van der Waals surface area contributed by atoms with Gasteiger partial charge in [-0.1, -0.05) is 152 Å². The summed E-state index contributed by atoms with van der Waals surface area (Å²) >= 11 is 0. The van der Waals surface area contributed by atoms with Crippen molar-refractivity contribution in [2.75, 3.05) is 4.90 Å². The zero-order valence-corrected chi connectivity index (χ0v) is 29.8. The van der Waals surface area contributed by atoms with E-state index in [0.29, 0.717) is 0 Å². The van der Waals surface area contributed by atoms with Gasteiger partial charge in [0.15, 0.2) is 5.58 Å². The summed E-state index contributed by atoms with van der Waals surface area (Å²) in [5, 5.41) is 6.92. The summed E-state index contributed by atoms with van der Waals surface area (Å²) in [7, 11) is 0. The zero-order valence-electron chi connectivity index (χ0n) is 29.8. The third-order valence-electron chi connectivity index (χ3n) is 10.9. The van der Waals surface area contributed by atoms with E-state index in [1.54, 1.807) is 0 Å². The summed E-state index contributed by atoms with van der Waals surface area (Å²) in [6, 6.07) is 71.0. The third kappa shape index (κ3) is 5.20. The van der Waals surface area contributed by atoms with Crippen LogP contribution in [-0.2, 0) is 0 Å². The predicted octanol–water partition coefficient (Wildman–Crippen LogP) is 15.1. The second-order valence-electron chi connectivity index (χ2n) is 14.1. The van der Waals surface area contributed by atoms with Crippen LogP contribution in [0.5, 0.6) is 0 Å². The summed E-state index contributed by atoms with van der Waals surface area (Å²) < 4.78 is 13.1. The topological polar surface area (TPSA) is 29.5 Å². The lowest BCUT2D eigenvalue weighted by Gasteiger charge is -2.28. The predicted molar refractivity (Wildman–Crippen MR) is 229 cm³/mol. The molecular formula is C52H33NO2. The van der Waals surface area contributed by atoms with Crippen molar-refractivity contribution < 1.29 is 8.83 Å². The normalized spacial score (nSPS) is 11.6. The van der Waals surface area contributed by atoms with Crippen LogP contribution in [-0.4, -0.2) is 0 Å². The van der Waals surface area contributed by atoms with Gasteiger partial charge in [-0.05, 0) is 87.1 Å². The molecule has 3 nitrogen and oxygen atoms in total. The molecule has 0 unspecified atom stereocenters. The molecule has 0 atom stereocenters. The highest BCUT2D eigenvalue weighted by Gasteiger charge is 2.23. The van der Waals surface area contributed by atoms with E-state index in [1.807, 2.05) is 24.3 Å². The fourth-order valence-electron chi connectivity index (χ4n) is 8.27. The number of nitrogens with zero attached hydrogens (tertiary/aromatic N) is 1. The van der Waals surface area contributed by atoms with E-state index in [9.17, 15) is 0 Å². The summed E-state index contributed by atoms with van der Waals surface area (Å²) in [5.41, 5.74) is 13.4. The van der Waals surface area contributed by atoms with E-state index >= 15 is 0 Å². The Bertz CT molecular complexity index is 3220. The van der Waals surface area contributed by atoms with Crippen LogP contribution in [0.15, 0.2) is 209 Å². The van der Waals surface area contributed by atoms with Gasteiger partial charge in [0, 0.05) is 32.8 Å². The Morgan fingerprint density at radius 1 is 0.309 bits per heavy atom. The van der Waals surface area contributed by atoms with Crippen LogP contribution in [0, 0.1) is 0 Å². The Balaban J connectivity index is 1.08. The molecule has 258 valence electrons. The van der Waals surface area contributed by atoms with Crippen LogP contribution < -0.4 is 4.90 Å². The molecule has 2 aromatic heterocycles. The number of hydrogen-bond acceptors (Lipinski definition) is 3. The number of furan rings is 2. The van der Waals surface area contributed by atoms with Crippen molar-refractivity contribution in [2.24, 2.45) is 0 Å². The smallest absolute Gasteiger partial charge is 0.159 e. The minimum absolute atomic E-state index is 0.844. The fraction of sp³-hybridized carbons (Fsp3) is 0. The molecule has 0 bridgehead atoms. The lowest BCUT2D eigenvalue weighted by Crippen LogP contribution is -2.11. The molecule has 0 saturated heterocycles. The number of anilines is 3. The van der Waals surface area contributed by atoms with Crippen LogP contribution in [0.2, 0.25) is 0 Å². The number of hydrogen-bond donors (Lipinski definition) is 0. The third-order valence-corrected chi connectivity index (χ3v) is 10.9. The van der Waals surface area contributed by atoms with Gasteiger partial charge in [-0.2, -0.15) is 0 Å². The Morgan fingerprint density at radius 3 is 1.76 bits per heavy atom. The molecule has 0 fully saturated rings. The summed E-state index contributed by atoms with van der Waals surface area (Å²) in [4.78, 5) is 2.34. The van der Waals surface area contributed by atoms with Gasteiger partial charge < -0.3 is 13.7 Å². The Labute approximate surface area is 317 Å².